The van der Waals surface area contributed by atoms with Gasteiger partial charge in [0, 0.05) is 7.05 Å². The second kappa shape index (κ2) is 4.53. The lowest BCUT2D eigenvalue weighted by Crippen LogP contribution is -2.27. The summed E-state index contributed by atoms with van der Waals surface area (Å²) in [4.78, 5) is 11.8. The molecule has 0 saturated heterocycles. The Morgan fingerprint density at radius 2 is 2.06 bits per heavy atom. The highest BCUT2D eigenvalue weighted by Gasteiger charge is 2.27. The summed E-state index contributed by atoms with van der Waals surface area (Å²) in [6.07, 6.45) is 0. The average Bonchev–Trinajstić information content (AvgIpc) is 2.42. The summed E-state index contributed by atoms with van der Waals surface area (Å²) >= 11 is 3.26. The second-order valence-corrected chi connectivity index (χ2v) is 5.40. The molecule has 0 radical (unpaired) electrons. The molecule has 0 aliphatic rings. The fourth-order valence-corrected chi connectivity index (χ4v) is 1.97. The number of carbonyl (C=O) groups excluding carboxylic acids is 1. The minimum absolute atomic E-state index is 0.279. The molecule has 1 heterocycles. The van der Waals surface area contributed by atoms with Crippen LogP contribution in [0.3, 0.4) is 0 Å². The topological polar surface area (TPSA) is 57.0 Å². The summed E-state index contributed by atoms with van der Waals surface area (Å²) < 4.78 is 7.45. The molecule has 1 unspecified atom stereocenters. The molecule has 1 aromatic rings. The molecular weight excluding hydrogens is 274 g/mol. The van der Waals surface area contributed by atoms with Gasteiger partial charge in [-0.25, -0.2) is 0 Å². The molecule has 5 nitrogen and oxygen atoms in total. The summed E-state index contributed by atoms with van der Waals surface area (Å²) in [5.41, 5.74) is 0.235. The van der Waals surface area contributed by atoms with E-state index in [0.29, 0.717) is 10.3 Å². The Balaban J connectivity index is 2.87. The van der Waals surface area contributed by atoms with Crippen LogP contribution in [0.4, 0.5) is 0 Å². The van der Waals surface area contributed by atoms with Crippen LogP contribution in [0, 0.1) is 0 Å². The van der Waals surface area contributed by atoms with Gasteiger partial charge in [0.2, 0.25) is 0 Å². The second-order valence-electron chi connectivity index (χ2n) is 4.64. The Labute approximate surface area is 103 Å². The maximum absolute atomic E-state index is 11.8. The first-order valence-corrected chi connectivity index (χ1v) is 5.79. The molecule has 0 N–H and O–H groups in total. The highest BCUT2D eigenvalue weighted by molar-refractivity contribution is 9.10. The van der Waals surface area contributed by atoms with Crippen molar-refractivity contribution in [2.24, 2.45) is 7.05 Å². The van der Waals surface area contributed by atoms with Crippen molar-refractivity contribution >= 4 is 21.9 Å². The molecule has 0 aromatic carbocycles. The molecule has 0 aliphatic carbocycles. The minimum atomic E-state index is -0.482. The number of aromatic nitrogens is 3. The Morgan fingerprint density at radius 1 is 1.50 bits per heavy atom. The van der Waals surface area contributed by atoms with E-state index in [1.165, 1.54) is 0 Å². The number of aryl methyl sites for hydroxylation is 1. The third-order valence-corrected chi connectivity index (χ3v) is 2.56. The quantitative estimate of drug-likeness (QED) is 0.782. The van der Waals surface area contributed by atoms with Crippen LogP contribution in [0.2, 0.25) is 0 Å². The molecule has 0 bridgehead atoms. The van der Waals surface area contributed by atoms with Crippen LogP contribution < -0.4 is 0 Å². The molecule has 1 rings (SSSR count). The fourth-order valence-electron chi connectivity index (χ4n) is 1.30. The highest BCUT2D eigenvalue weighted by atomic mass is 79.9. The zero-order valence-corrected chi connectivity index (χ0v) is 11.7. The van der Waals surface area contributed by atoms with Crippen molar-refractivity contribution in [2.45, 2.75) is 39.2 Å². The number of rotatable bonds is 2. The SMILES string of the molecule is CC(C(=O)OC(C)(C)C)c1c(Br)nnn1C. The van der Waals surface area contributed by atoms with Gasteiger partial charge < -0.3 is 4.74 Å². The Hall–Kier alpha value is -0.910. The summed E-state index contributed by atoms with van der Waals surface area (Å²) in [6, 6.07) is 0. The Morgan fingerprint density at radius 3 is 2.44 bits per heavy atom. The number of hydrogen-bond acceptors (Lipinski definition) is 4. The van der Waals surface area contributed by atoms with Crippen LogP contribution in [0.5, 0.6) is 0 Å². The summed E-state index contributed by atoms with van der Waals surface area (Å²) in [5, 5.41) is 7.67. The third-order valence-electron chi connectivity index (χ3n) is 2.00. The van der Waals surface area contributed by atoms with Crippen LogP contribution in [-0.4, -0.2) is 26.6 Å². The normalized spacial score (nSPS) is 13.6. The number of ether oxygens (including phenoxy) is 1. The summed E-state index contributed by atoms with van der Waals surface area (Å²) in [6.45, 7) is 7.30. The molecule has 1 aromatic heterocycles. The molecular formula is C10H16BrN3O2. The lowest BCUT2D eigenvalue weighted by atomic mass is 10.1. The van der Waals surface area contributed by atoms with Gasteiger partial charge in [0.05, 0.1) is 11.6 Å². The monoisotopic (exact) mass is 289 g/mol. The lowest BCUT2D eigenvalue weighted by molar-refractivity contribution is -0.156. The van der Waals surface area contributed by atoms with Gasteiger partial charge in [-0.2, -0.15) is 0 Å². The molecule has 90 valence electrons. The van der Waals surface area contributed by atoms with E-state index in [1.54, 1.807) is 18.7 Å². The Bertz CT molecular complexity index is 376. The van der Waals surface area contributed by atoms with Crippen LogP contribution in [0.25, 0.3) is 0 Å². The van der Waals surface area contributed by atoms with E-state index in [9.17, 15) is 4.79 Å². The van der Waals surface area contributed by atoms with Crippen molar-refractivity contribution in [3.63, 3.8) is 0 Å². The van der Waals surface area contributed by atoms with Crippen molar-refractivity contribution in [1.29, 1.82) is 0 Å². The molecule has 0 amide bonds. The number of carbonyl (C=O) groups is 1. The van der Waals surface area contributed by atoms with Gasteiger partial charge in [0.25, 0.3) is 0 Å². The van der Waals surface area contributed by atoms with Crippen LogP contribution in [0.15, 0.2) is 4.60 Å². The van der Waals surface area contributed by atoms with E-state index in [0.717, 1.165) is 0 Å². The molecule has 1 atom stereocenters. The first-order chi connectivity index (χ1) is 7.22. The van der Waals surface area contributed by atoms with Crippen LogP contribution >= 0.6 is 15.9 Å². The van der Waals surface area contributed by atoms with E-state index in [1.807, 2.05) is 20.8 Å². The van der Waals surface area contributed by atoms with Gasteiger partial charge in [-0.05, 0) is 43.6 Å². The van der Waals surface area contributed by atoms with Gasteiger partial charge in [-0.1, -0.05) is 5.21 Å². The van der Waals surface area contributed by atoms with Crippen molar-refractivity contribution < 1.29 is 9.53 Å². The maximum Gasteiger partial charge on any atom is 0.315 e. The highest BCUT2D eigenvalue weighted by Crippen LogP contribution is 2.24. The molecule has 16 heavy (non-hydrogen) atoms. The van der Waals surface area contributed by atoms with Crippen molar-refractivity contribution in [2.75, 3.05) is 0 Å². The molecule has 0 fully saturated rings. The Kier molecular flexibility index (Phi) is 3.72. The standard InChI is InChI=1S/C10H16BrN3O2/c1-6(9(15)16-10(2,3)4)7-8(11)12-13-14(7)5/h6H,1-5H3. The largest absolute Gasteiger partial charge is 0.459 e. The number of nitrogens with zero attached hydrogens (tertiary/aromatic N) is 3. The number of esters is 1. The average molecular weight is 290 g/mol. The minimum Gasteiger partial charge on any atom is -0.459 e. The third kappa shape index (κ3) is 3.04. The first kappa shape index (κ1) is 13.2. The van der Waals surface area contributed by atoms with Crippen molar-refractivity contribution in [1.82, 2.24) is 15.0 Å². The van der Waals surface area contributed by atoms with E-state index in [4.69, 9.17) is 4.74 Å². The first-order valence-electron chi connectivity index (χ1n) is 5.00. The zero-order chi connectivity index (χ0) is 12.5. The van der Waals surface area contributed by atoms with E-state index >= 15 is 0 Å². The maximum atomic E-state index is 11.8. The summed E-state index contributed by atoms with van der Waals surface area (Å²) in [7, 11) is 1.74. The lowest BCUT2D eigenvalue weighted by Gasteiger charge is -2.22. The smallest absolute Gasteiger partial charge is 0.315 e. The molecule has 0 spiro atoms. The predicted molar refractivity (Wildman–Crippen MR) is 63.0 cm³/mol. The summed E-state index contributed by atoms with van der Waals surface area (Å²) in [5.74, 6) is -0.674. The van der Waals surface area contributed by atoms with E-state index in [-0.39, 0.29) is 5.97 Å². The fraction of sp³-hybridized carbons (Fsp3) is 0.700. The zero-order valence-electron chi connectivity index (χ0n) is 10.1. The molecule has 6 heteroatoms. The predicted octanol–water partition coefficient (Wildman–Crippen LogP) is 2.02. The van der Waals surface area contributed by atoms with Crippen molar-refractivity contribution in [3.05, 3.63) is 10.3 Å². The molecule has 0 saturated carbocycles. The van der Waals surface area contributed by atoms with E-state index in [2.05, 4.69) is 26.2 Å². The van der Waals surface area contributed by atoms with Crippen LogP contribution in [0.1, 0.15) is 39.3 Å². The van der Waals surface area contributed by atoms with Gasteiger partial charge in [-0.3, -0.25) is 9.48 Å². The van der Waals surface area contributed by atoms with Crippen LogP contribution in [-0.2, 0) is 16.6 Å². The number of halogens is 1. The van der Waals surface area contributed by atoms with Gasteiger partial charge in [0.1, 0.15) is 5.60 Å². The van der Waals surface area contributed by atoms with Gasteiger partial charge >= 0.3 is 5.97 Å². The van der Waals surface area contributed by atoms with Gasteiger partial charge in [0.15, 0.2) is 4.60 Å². The van der Waals surface area contributed by atoms with E-state index < -0.39 is 11.5 Å². The van der Waals surface area contributed by atoms with Gasteiger partial charge in [-0.15, -0.1) is 5.10 Å². The van der Waals surface area contributed by atoms with Crippen molar-refractivity contribution in [3.8, 4) is 0 Å². The number of hydrogen-bond donors (Lipinski definition) is 0. The molecule has 0 aliphatic heterocycles.